The summed E-state index contributed by atoms with van der Waals surface area (Å²) in [6.45, 7) is 6.21. The molecule has 17 heavy (non-hydrogen) atoms. The maximum Gasteiger partial charge on any atom is 0.123 e. The minimum absolute atomic E-state index is 0.0403. The Morgan fingerprint density at radius 2 is 2.29 bits per heavy atom. The van der Waals surface area contributed by atoms with Crippen molar-refractivity contribution in [2.45, 2.75) is 32.2 Å². The molecule has 1 atom stereocenters. The second-order valence-corrected chi connectivity index (χ2v) is 4.05. The number of benzene rings is 1. The first-order valence-electron chi connectivity index (χ1n) is 5.95. The van der Waals surface area contributed by atoms with Crippen molar-refractivity contribution in [3.05, 3.63) is 42.2 Å². The summed E-state index contributed by atoms with van der Waals surface area (Å²) in [7, 11) is 0. The quantitative estimate of drug-likeness (QED) is 0.584. The van der Waals surface area contributed by atoms with Crippen LogP contribution in [-0.4, -0.2) is 12.6 Å². The molecule has 1 rings (SSSR count). The van der Waals surface area contributed by atoms with Gasteiger partial charge in [-0.3, -0.25) is 0 Å². The van der Waals surface area contributed by atoms with E-state index in [1.807, 2.05) is 6.92 Å². The number of hydrogen-bond acceptors (Lipinski definition) is 2. The Balaban J connectivity index is 2.76. The Kier molecular flexibility index (Phi) is 5.70. The molecule has 1 aromatic rings. The Labute approximate surface area is 102 Å². The van der Waals surface area contributed by atoms with Gasteiger partial charge in [-0.1, -0.05) is 13.0 Å². The van der Waals surface area contributed by atoms with Gasteiger partial charge in [0.15, 0.2) is 0 Å². The predicted octanol–water partition coefficient (Wildman–Crippen LogP) is 3.06. The lowest BCUT2D eigenvalue weighted by Gasteiger charge is -2.14. The van der Waals surface area contributed by atoms with E-state index in [1.54, 1.807) is 12.1 Å². The van der Waals surface area contributed by atoms with E-state index in [-0.39, 0.29) is 11.9 Å². The van der Waals surface area contributed by atoms with Crippen LogP contribution in [0.15, 0.2) is 30.9 Å². The van der Waals surface area contributed by atoms with Crippen LogP contribution in [0.5, 0.6) is 5.75 Å². The highest BCUT2D eigenvalue weighted by molar-refractivity contribution is 5.34. The molecule has 0 saturated carbocycles. The van der Waals surface area contributed by atoms with Crippen LogP contribution in [0.25, 0.3) is 0 Å². The van der Waals surface area contributed by atoms with E-state index >= 15 is 0 Å². The molecule has 0 aromatic heterocycles. The first-order valence-corrected chi connectivity index (χ1v) is 5.95. The first-order chi connectivity index (χ1) is 8.17. The maximum absolute atomic E-state index is 13.2. The van der Waals surface area contributed by atoms with Crippen molar-refractivity contribution in [2.75, 3.05) is 6.61 Å². The van der Waals surface area contributed by atoms with E-state index < -0.39 is 0 Å². The Hall–Kier alpha value is -1.35. The molecule has 0 aliphatic rings. The summed E-state index contributed by atoms with van der Waals surface area (Å²) in [5.74, 6) is 0.469. The Morgan fingerprint density at radius 1 is 1.53 bits per heavy atom. The number of nitrogens with two attached hydrogens (primary N) is 1. The lowest BCUT2D eigenvalue weighted by molar-refractivity contribution is 0.320. The minimum atomic E-state index is -0.251. The SMILES string of the molecule is C=CCCOc1ccc(F)cc1CC(N)CC. The fourth-order valence-corrected chi connectivity index (χ4v) is 1.53. The summed E-state index contributed by atoms with van der Waals surface area (Å²) in [5, 5.41) is 0. The number of halogens is 1. The Morgan fingerprint density at radius 3 is 2.94 bits per heavy atom. The summed E-state index contributed by atoms with van der Waals surface area (Å²) in [6.07, 6.45) is 4.07. The van der Waals surface area contributed by atoms with Gasteiger partial charge in [-0.15, -0.1) is 6.58 Å². The molecule has 3 heteroatoms. The zero-order chi connectivity index (χ0) is 12.7. The molecule has 94 valence electrons. The zero-order valence-electron chi connectivity index (χ0n) is 10.3. The molecule has 0 aliphatic heterocycles. The summed E-state index contributed by atoms with van der Waals surface area (Å²) in [5.41, 5.74) is 6.72. The summed E-state index contributed by atoms with van der Waals surface area (Å²) in [4.78, 5) is 0. The topological polar surface area (TPSA) is 35.2 Å². The van der Waals surface area contributed by atoms with Crippen LogP contribution in [0.4, 0.5) is 4.39 Å². The van der Waals surface area contributed by atoms with Gasteiger partial charge >= 0.3 is 0 Å². The van der Waals surface area contributed by atoms with Gasteiger partial charge in [0.1, 0.15) is 11.6 Å². The fraction of sp³-hybridized carbons (Fsp3) is 0.429. The van der Waals surface area contributed by atoms with Crippen LogP contribution in [0.1, 0.15) is 25.3 Å². The van der Waals surface area contributed by atoms with Crippen molar-refractivity contribution < 1.29 is 9.13 Å². The highest BCUT2D eigenvalue weighted by atomic mass is 19.1. The molecule has 1 unspecified atom stereocenters. The molecule has 0 fully saturated rings. The molecular weight excluding hydrogens is 217 g/mol. The smallest absolute Gasteiger partial charge is 0.123 e. The van der Waals surface area contributed by atoms with E-state index in [9.17, 15) is 4.39 Å². The van der Waals surface area contributed by atoms with E-state index in [1.165, 1.54) is 12.1 Å². The second-order valence-electron chi connectivity index (χ2n) is 4.05. The third kappa shape index (κ3) is 4.57. The molecule has 2 nitrogen and oxygen atoms in total. The normalized spacial score (nSPS) is 12.2. The third-order valence-corrected chi connectivity index (χ3v) is 2.61. The van der Waals surface area contributed by atoms with Crippen LogP contribution in [0, 0.1) is 5.82 Å². The van der Waals surface area contributed by atoms with Gasteiger partial charge in [0, 0.05) is 6.04 Å². The van der Waals surface area contributed by atoms with E-state index in [0.29, 0.717) is 13.0 Å². The molecule has 0 spiro atoms. The van der Waals surface area contributed by atoms with E-state index in [4.69, 9.17) is 10.5 Å². The van der Waals surface area contributed by atoms with Gasteiger partial charge in [-0.2, -0.15) is 0 Å². The second kappa shape index (κ2) is 7.07. The van der Waals surface area contributed by atoms with E-state index in [0.717, 1.165) is 24.2 Å². The van der Waals surface area contributed by atoms with E-state index in [2.05, 4.69) is 6.58 Å². The third-order valence-electron chi connectivity index (χ3n) is 2.61. The van der Waals surface area contributed by atoms with Gasteiger partial charge in [-0.05, 0) is 43.0 Å². The number of ether oxygens (including phenoxy) is 1. The van der Waals surface area contributed by atoms with Gasteiger partial charge < -0.3 is 10.5 Å². The molecule has 2 N–H and O–H groups in total. The minimum Gasteiger partial charge on any atom is -0.493 e. The highest BCUT2D eigenvalue weighted by Crippen LogP contribution is 2.21. The molecule has 0 saturated heterocycles. The fourth-order valence-electron chi connectivity index (χ4n) is 1.53. The van der Waals surface area contributed by atoms with Crippen molar-refractivity contribution in [3.8, 4) is 5.75 Å². The van der Waals surface area contributed by atoms with Crippen LogP contribution >= 0.6 is 0 Å². The van der Waals surface area contributed by atoms with Gasteiger partial charge in [0.05, 0.1) is 6.61 Å². The number of rotatable bonds is 7. The average molecular weight is 237 g/mol. The van der Waals surface area contributed by atoms with Gasteiger partial charge in [0.2, 0.25) is 0 Å². The zero-order valence-corrected chi connectivity index (χ0v) is 10.3. The van der Waals surface area contributed by atoms with Crippen molar-refractivity contribution in [1.29, 1.82) is 0 Å². The van der Waals surface area contributed by atoms with Gasteiger partial charge in [-0.25, -0.2) is 4.39 Å². The monoisotopic (exact) mass is 237 g/mol. The van der Waals surface area contributed by atoms with Crippen molar-refractivity contribution in [2.24, 2.45) is 5.73 Å². The molecule has 0 heterocycles. The lowest BCUT2D eigenvalue weighted by Crippen LogP contribution is -2.21. The van der Waals surface area contributed by atoms with Gasteiger partial charge in [0.25, 0.3) is 0 Å². The molecular formula is C14H20FNO. The standard InChI is InChI=1S/C14H20FNO/c1-3-5-8-17-14-7-6-12(15)9-11(14)10-13(16)4-2/h3,6-7,9,13H,1,4-5,8,10,16H2,2H3. The van der Waals surface area contributed by atoms with Crippen LogP contribution < -0.4 is 10.5 Å². The van der Waals surface area contributed by atoms with Crippen molar-refractivity contribution in [3.63, 3.8) is 0 Å². The molecule has 0 radical (unpaired) electrons. The summed E-state index contributed by atoms with van der Waals surface area (Å²) < 4.78 is 18.8. The van der Waals surface area contributed by atoms with Crippen LogP contribution in [0.3, 0.4) is 0 Å². The van der Waals surface area contributed by atoms with Crippen molar-refractivity contribution >= 4 is 0 Å². The average Bonchev–Trinajstić information content (AvgIpc) is 2.32. The molecule has 1 aromatic carbocycles. The highest BCUT2D eigenvalue weighted by Gasteiger charge is 2.09. The Bertz CT molecular complexity index is 365. The maximum atomic E-state index is 13.2. The lowest BCUT2D eigenvalue weighted by atomic mass is 10.0. The molecule has 0 amide bonds. The van der Waals surface area contributed by atoms with Crippen LogP contribution in [-0.2, 0) is 6.42 Å². The predicted molar refractivity (Wildman–Crippen MR) is 68.7 cm³/mol. The molecule has 0 aliphatic carbocycles. The number of hydrogen-bond donors (Lipinski definition) is 1. The summed E-state index contributed by atoms with van der Waals surface area (Å²) in [6, 6.07) is 4.61. The summed E-state index contributed by atoms with van der Waals surface area (Å²) >= 11 is 0. The molecule has 0 bridgehead atoms. The van der Waals surface area contributed by atoms with Crippen LogP contribution in [0.2, 0.25) is 0 Å². The van der Waals surface area contributed by atoms with Crippen molar-refractivity contribution in [1.82, 2.24) is 0 Å². The first kappa shape index (κ1) is 13.7. The largest absolute Gasteiger partial charge is 0.493 e.